The van der Waals surface area contributed by atoms with Gasteiger partial charge in [-0.2, -0.15) is 0 Å². The highest BCUT2D eigenvalue weighted by Crippen LogP contribution is 2.33. The van der Waals surface area contributed by atoms with E-state index in [1.54, 1.807) is 13.3 Å². The molecule has 1 aromatic carbocycles. The lowest BCUT2D eigenvalue weighted by Gasteiger charge is -2.08. The Bertz CT molecular complexity index is 1190. The standard InChI is InChI=1S/C21H17N5O/c1-26-12-24-16-6-3-13(9-19(16)26)15-5-7-17-21(15)25-18(11-22-17)14-4-8-20(27-2)23-10-14/h3-6,8-12H,7H2,1-2H3. The number of benzene rings is 1. The van der Waals surface area contributed by atoms with Gasteiger partial charge >= 0.3 is 0 Å². The van der Waals surface area contributed by atoms with Crippen LogP contribution in [0.1, 0.15) is 17.0 Å². The summed E-state index contributed by atoms with van der Waals surface area (Å²) in [6, 6.07) is 10.1. The van der Waals surface area contributed by atoms with E-state index < -0.39 is 0 Å². The minimum Gasteiger partial charge on any atom is -0.481 e. The number of nitrogens with zero attached hydrogens (tertiary/aromatic N) is 5. The molecule has 3 heterocycles. The zero-order chi connectivity index (χ0) is 18.4. The van der Waals surface area contributed by atoms with Crippen LogP contribution in [0.4, 0.5) is 0 Å². The van der Waals surface area contributed by atoms with E-state index in [1.165, 1.54) is 0 Å². The zero-order valence-corrected chi connectivity index (χ0v) is 15.0. The molecule has 0 bridgehead atoms. The first-order chi connectivity index (χ1) is 13.2. The fraction of sp³-hybridized carbons (Fsp3) is 0.143. The number of aryl methyl sites for hydroxylation is 1. The fourth-order valence-electron chi connectivity index (χ4n) is 3.41. The SMILES string of the molecule is COc1ccc(-c2cnc3c(n2)C(c2ccc4ncn(C)c4c2)=CC3)cn1. The van der Waals surface area contributed by atoms with E-state index in [2.05, 4.69) is 33.2 Å². The van der Waals surface area contributed by atoms with Gasteiger partial charge in [-0.25, -0.2) is 15.0 Å². The van der Waals surface area contributed by atoms with E-state index in [0.29, 0.717) is 5.88 Å². The molecule has 4 aromatic rings. The number of aromatic nitrogens is 5. The summed E-state index contributed by atoms with van der Waals surface area (Å²) in [5, 5.41) is 0. The number of ether oxygens (including phenoxy) is 1. The number of imidazole rings is 1. The Morgan fingerprint density at radius 1 is 1.00 bits per heavy atom. The van der Waals surface area contributed by atoms with Crippen LogP contribution in [-0.2, 0) is 13.5 Å². The van der Waals surface area contributed by atoms with Gasteiger partial charge in [0, 0.05) is 36.9 Å². The van der Waals surface area contributed by atoms with Crippen LogP contribution in [0.5, 0.6) is 5.88 Å². The summed E-state index contributed by atoms with van der Waals surface area (Å²) in [5.41, 5.74) is 7.99. The normalized spacial score (nSPS) is 12.9. The molecule has 0 radical (unpaired) electrons. The van der Waals surface area contributed by atoms with Crippen LogP contribution in [0.15, 0.2) is 55.1 Å². The van der Waals surface area contributed by atoms with Crippen LogP contribution >= 0.6 is 0 Å². The van der Waals surface area contributed by atoms with E-state index in [-0.39, 0.29) is 0 Å². The lowest BCUT2D eigenvalue weighted by Crippen LogP contribution is -1.98. The molecule has 132 valence electrons. The maximum Gasteiger partial charge on any atom is 0.212 e. The molecule has 0 fully saturated rings. The average Bonchev–Trinajstić information content (AvgIpc) is 3.31. The molecule has 1 aliphatic rings. The minimum absolute atomic E-state index is 0.581. The van der Waals surface area contributed by atoms with Crippen molar-refractivity contribution < 1.29 is 4.74 Å². The Labute approximate surface area is 156 Å². The smallest absolute Gasteiger partial charge is 0.212 e. The van der Waals surface area contributed by atoms with Crippen LogP contribution in [0.2, 0.25) is 0 Å². The second kappa shape index (κ2) is 6.02. The third-order valence-electron chi connectivity index (χ3n) is 4.88. The number of allylic oxidation sites excluding steroid dienone is 1. The van der Waals surface area contributed by atoms with E-state index in [4.69, 9.17) is 9.72 Å². The largest absolute Gasteiger partial charge is 0.481 e. The third-order valence-corrected chi connectivity index (χ3v) is 4.88. The molecule has 0 N–H and O–H groups in total. The zero-order valence-electron chi connectivity index (χ0n) is 15.0. The van der Waals surface area contributed by atoms with Gasteiger partial charge in [0.2, 0.25) is 5.88 Å². The molecule has 3 aromatic heterocycles. The predicted molar refractivity (Wildman–Crippen MR) is 103 cm³/mol. The Kier molecular flexibility index (Phi) is 3.50. The summed E-state index contributed by atoms with van der Waals surface area (Å²) in [7, 11) is 3.61. The van der Waals surface area contributed by atoms with Crippen molar-refractivity contribution in [3.05, 3.63) is 72.1 Å². The van der Waals surface area contributed by atoms with E-state index >= 15 is 0 Å². The Hall–Kier alpha value is -3.54. The molecule has 5 rings (SSSR count). The molecule has 0 saturated heterocycles. The molecular formula is C21H17N5O. The summed E-state index contributed by atoms with van der Waals surface area (Å²) in [6.45, 7) is 0. The van der Waals surface area contributed by atoms with Crippen LogP contribution in [-0.4, -0.2) is 31.6 Å². The van der Waals surface area contributed by atoms with Gasteiger partial charge < -0.3 is 9.30 Å². The van der Waals surface area contributed by atoms with Crippen molar-refractivity contribution in [1.82, 2.24) is 24.5 Å². The molecule has 6 nitrogen and oxygen atoms in total. The number of pyridine rings is 1. The molecule has 0 unspecified atom stereocenters. The van der Waals surface area contributed by atoms with Crippen molar-refractivity contribution in [2.75, 3.05) is 7.11 Å². The van der Waals surface area contributed by atoms with Crippen molar-refractivity contribution in [2.24, 2.45) is 7.05 Å². The summed E-state index contributed by atoms with van der Waals surface area (Å²) in [5.74, 6) is 0.581. The maximum atomic E-state index is 5.13. The molecule has 1 aliphatic carbocycles. The van der Waals surface area contributed by atoms with Gasteiger partial charge in [-0.3, -0.25) is 4.98 Å². The number of methoxy groups -OCH3 is 1. The second-order valence-electron chi connectivity index (χ2n) is 6.52. The molecule has 0 aliphatic heterocycles. The summed E-state index contributed by atoms with van der Waals surface area (Å²) >= 11 is 0. The van der Waals surface area contributed by atoms with Crippen LogP contribution < -0.4 is 4.74 Å². The molecule has 27 heavy (non-hydrogen) atoms. The van der Waals surface area contributed by atoms with Crippen LogP contribution in [0.3, 0.4) is 0 Å². The van der Waals surface area contributed by atoms with Gasteiger partial charge in [-0.1, -0.05) is 12.1 Å². The first kappa shape index (κ1) is 15.7. The Morgan fingerprint density at radius 2 is 1.89 bits per heavy atom. The fourth-order valence-corrected chi connectivity index (χ4v) is 3.41. The quantitative estimate of drug-likeness (QED) is 0.563. The molecule has 0 atom stereocenters. The van der Waals surface area contributed by atoms with Crippen molar-refractivity contribution in [3.8, 4) is 17.1 Å². The maximum absolute atomic E-state index is 5.13. The van der Waals surface area contributed by atoms with E-state index in [9.17, 15) is 0 Å². The monoisotopic (exact) mass is 355 g/mol. The highest BCUT2D eigenvalue weighted by molar-refractivity contribution is 5.88. The molecular weight excluding hydrogens is 338 g/mol. The number of fused-ring (bicyclic) bond motifs is 2. The lowest BCUT2D eigenvalue weighted by molar-refractivity contribution is 0.398. The number of hydrogen-bond donors (Lipinski definition) is 0. The summed E-state index contributed by atoms with van der Waals surface area (Å²) in [6.07, 6.45) is 8.39. The topological polar surface area (TPSA) is 65.7 Å². The predicted octanol–water partition coefficient (Wildman–Crippen LogP) is 3.42. The Balaban J connectivity index is 1.57. The highest BCUT2D eigenvalue weighted by Gasteiger charge is 2.20. The number of rotatable bonds is 3. The van der Waals surface area contributed by atoms with Crippen molar-refractivity contribution in [1.29, 1.82) is 0 Å². The summed E-state index contributed by atoms with van der Waals surface area (Å²) < 4.78 is 7.16. The van der Waals surface area contributed by atoms with Gasteiger partial charge in [-0.05, 0) is 23.8 Å². The van der Waals surface area contributed by atoms with Crippen LogP contribution in [0, 0.1) is 0 Å². The number of hydrogen-bond acceptors (Lipinski definition) is 5. The average molecular weight is 355 g/mol. The first-order valence-corrected chi connectivity index (χ1v) is 8.71. The van der Waals surface area contributed by atoms with Gasteiger partial charge in [0.25, 0.3) is 0 Å². The van der Waals surface area contributed by atoms with Crippen LogP contribution in [0.25, 0.3) is 27.9 Å². The molecule has 6 heteroatoms. The molecule has 0 spiro atoms. The Morgan fingerprint density at radius 3 is 2.70 bits per heavy atom. The van der Waals surface area contributed by atoms with Gasteiger partial charge in [0.05, 0.1) is 47.7 Å². The van der Waals surface area contributed by atoms with Gasteiger partial charge in [0.15, 0.2) is 0 Å². The minimum atomic E-state index is 0.581. The molecule has 0 saturated carbocycles. The molecule has 0 amide bonds. The van der Waals surface area contributed by atoms with Crippen molar-refractivity contribution >= 4 is 16.6 Å². The third kappa shape index (κ3) is 2.57. The van der Waals surface area contributed by atoms with E-state index in [0.717, 1.165) is 51.2 Å². The lowest BCUT2D eigenvalue weighted by atomic mass is 10.0. The van der Waals surface area contributed by atoms with Crippen molar-refractivity contribution in [2.45, 2.75) is 6.42 Å². The summed E-state index contributed by atoms with van der Waals surface area (Å²) in [4.78, 5) is 18.2. The first-order valence-electron chi connectivity index (χ1n) is 8.71. The highest BCUT2D eigenvalue weighted by atomic mass is 16.5. The van der Waals surface area contributed by atoms with E-state index in [1.807, 2.05) is 42.3 Å². The van der Waals surface area contributed by atoms with Gasteiger partial charge in [0.1, 0.15) is 0 Å². The second-order valence-corrected chi connectivity index (χ2v) is 6.52. The van der Waals surface area contributed by atoms with Crippen molar-refractivity contribution in [3.63, 3.8) is 0 Å². The van der Waals surface area contributed by atoms with Gasteiger partial charge in [-0.15, -0.1) is 0 Å².